The van der Waals surface area contributed by atoms with Crippen LogP contribution in [-0.2, 0) is 15.1 Å². The lowest BCUT2D eigenvalue weighted by Gasteiger charge is -2.24. The Morgan fingerprint density at radius 1 is 1.30 bits per heavy atom. The standard InChI is InChI=1S/C18H25N5O3S/c1-18(14-6-3-2-4-7-14)15(24)23(17(25)20-18)21-16(27)19-8-5-9-22-10-12-26-13-11-22/h2-4,6-7H,5,8-13H2,1H3,(H,20,25)(H2,19,21,27)/p+1/t18-/m1/s1. The second kappa shape index (κ2) is 8.64. The fourth-order valence-corrected chi connectivity index (χ4v) is 3.49. The van der Waals surface area contributed by atoms with E-state index in [0.29, 0.717) is 6.54 Å². The highest BCUT2D eigenvalue weighted by Crippen LogP contribution is 2.27. The molecular weight excluding hydrogens is 366 g/mol. The maximum Gasteiger partial charge on any atom is 0.344 e. The normalized spacial score (nSPS) is 23.2. The second-order valence-corrected chi connectivity index (χ2v) is 7.30. The Hall–Kier alpha value is -2.23. The van der Waals surface area contributed by atoms with Crippen molar-refractivity contribution in [2.45, 2.75) is 18.9 Å². The number of carbonyl (C=O) groups is 2. The minimum Gasteiger partial charge on any atom is -0.370 e. The summed E-state index contributed by atoms with van der Waals surface area (Å²) in [7, 11) is 0. The summed E-state index contributed by atoms with van der Waals surface area (Å²) in [6, 6.07) is 8.63. The van der Waals surface area contributed by atoms with Gasteiger partial charge in [0.25, 0.3) is 5.91 Å². The number of amides is 3. The molecule has 0 radical (unpaired) electrons. The molecule has 2 saturated heterocycles. The van der Waals surface area contributed by atoms with Gasteiger partial charge in [0.15, 0.2) is 5.11 Å². The summed E-state index contributed by atoms with van der Waals surface area (Å²) < 4.78 is 5.34. The lowest BCUT2D eigenvalue weighted by atomic mass is 9.92. The van der Waals surface area contributed by atoms with E-state index in [0.717, 1.165) is 49.8 Å². The monoisotopic (exact) mass is 392 g/mol. The maximum absolute atomic E-state index is 12.8. The fourth-order valence-electron chi connectivity index (χ4n) is 3.30. The molecular formula is C18H26N5O3S+. The molecule has 4 N–H and O–H groups in total. The minimum atomic E-state index is -1.11. The summed E-state index contributed by atoms with van der Waals surface area (Å²) >= 11 is 5.24. The van der Waals surface area contributed by atoms with Gasteiger partial charge in [-0.15, -0.1) is 0 Å². The van der Waals surface area contributed by atoms with Gasteiger partial charge in [0.1, 0.15) is 18.6 Å². The molecule has 0 aromatic heterocycles. The second-order valence-electron chi connectivity index (χ2n) is 6.90. The molecule has 0 aliphatic carbocycles. The average Bonchev–Trinajstić information content (AvgIpc) is 2.91. The van der Waals surface area contributed by atoms with Crippen LogP contribution >= 0.6 is 12.2 Å². The third kappa shape index (κ3) is 4.55. The number of rotatable bonds is 6. The smallest absolute Gasteiger partial charge is 0.344 e. The van der Waals surface area contributed by atoms with Crippen LogP contribution in [0.4, 0.5) is 4.79 Å². The van der Waals surface area contributed by atoms with Crippen LogP contribution in [0.3, 0.4) is 0 Å². The number of nitrogens with one attached hydrogen (secondary N) is 4. The minimum absolute atomic E-state index is 0.257. The van der Waals surface area contributed by atoms with Crippen LogP contribution in [0.1, 0.15) is 18.9 Å². The van der Waals surface area contributed by atoms with E-state index in [1.807, 2.05) is 30.3 Å². The number of ether oxygens (including phenoxy) is 1. The maximum atomic E-state index is 12.8. The van der Waals surface area contributed by atoms with Crippen molar-refractivity contribution in [1.29, 1.82) is 0 Å². The summed E-state index contributed by atoms with van der Waals surface area (Å²) in [4.78, 5) is 26.6. The molecule has 2 fully saturated rings. The van der Waals surface area contributed by atoms with E-state index in [-0.39, 0.29) is 11.0 Å². The van der Waals surface area contributed by atoms with Crippen LogP contribution in [0.25, 0.3) is 0 Å². The summed E-state index contributed by atoms with van der Waals surface area (Å²) in [6.45, 7) is 7.09. The largest absolute Gasteiger partial charge is 0.370 e. The molecule has 0 unspecified atom stereocenters. The first-order valence-electron chi connectivity index (χ1n) is 9.19. The summed E-state index contributed by atoms with van der Waals surface area (Å²) in [5.41, 5.74) is 2.32. The molecule has 2 aliphatic heterocycles. The predicted octanol–water partition coefficient (Wildman–Crippen LogP) is -0.862. The lowest BCUT2D eigenvalue weighted by molar-refractivity contribution is -0.908. The van der Waals surface area contributed by atoms with Gasteiger partial charge in [0.2, 0.25) is 0 Å². The van der Waals surface area contributed by atoms with Gasteiger partial charge >= 0.3 is 6.03 Å². The van der Waals surface area contributed by atoms with Gasteiger partial charge in [-0.1, -0.05) is 30.3 Å². The zero-order chi connectivity index (χ0) is 19.3. The predicted molar refractivity (Wildman–Crippen MR) is 104 cm³/mol. The van der Waals surface area contributed by atoms with Crippen molar-refractivity contribution in [2.75, 3.05) is 39.4 Å². The average molecular weight is 393 g/mol. The quantitative estimate of drug-likeness (QED) is 0.286. The van der Waals surface area contributed by atoms with Gasteiger partial charge in [0, 0.05) is 13.0 Å². The molecule has 1 atom stereocenters. The summed E-state index contributed by atoms with van der Waals surface area (Å²) in [5, 5.41) is 6.99. The molecule has 2 heterocycles. The van der Waals surface area contributed by atoms with Crippen molar-refractivity contribution in [2.24, 2.45) is 0 Å². The van der Waals surface area contributed by atoms with E-state index in [9.17, 15) is 9.59 Å². The van der Waals surface area contributed by atoms with Gasteiger partial charge in [-0.25, -0.2) is 4.79 Å². The molecule has 0 saturated carbocycles. The van der Waals surface area contributed by atoms with Crippen LogP contribution in [0, 0.1) is 0 Å². The molecule has 27 heavy (non-hydrogen) atoms. The Labute approximate surface area is 164 Å². The van der Waals surface area contributed by atoms with Gasteiger partial charge in [-0.05, 0) is 24.7 Å². The zero-order valence-electron chi connectivity index (χ0n) is 15.4. The van der Waals surface area contributed by atoms with Crippen molar-refractivity contribution < 1.29 is 19.2 Å². The summed E-state index contributed by atoms with van der Waals surface area (Å²) in [6.07, 6.45) is 0.943. The number of quaternary nitrogens is 1. The number of carbonyl (C=O) groups excluding carboxylic acids is 2. The van der Waals surface area contributed by atoms with Crippen molar-refractivity contribution in [3.05, 3.63) is 35.9 Å². The first kappa shape index (κ1) is 19.5. The Balaban J connectivity index is 1.47. The topological polar surface area (TPSA) is 87.1 Å². The van der Waals surface area contributed by atoms with Crippen LogP contribution in [0.5, 0.6) is 0 Å². The fraction of sp³-hybridized carbons (Fsp3) is 0.500. The van der Waals surface area contributed by atoms with E-state index >= 15 is 0 Å². The lowest BCUT2D eigenvalue weighted by Crippen LogP contribution is -3.14. The van der Waals surface area contributed by atoms with Crippen molar-refractivity contribution >= 4 is 29.3 Å². The molecule has 146 valence electrons. The van der Waals surface area contributed by atoms with Gasteiger partial charge in [-0.3, -0.25) is 10.2 Å². The Morgan fingerprint density at radius 2 is 2.00 bits per heavy atom. The number of urea groups is 1. The van der Waals surface area contributed by atoms with Gasteiger partial charge in [0.05, 0.1) is 19.8 Å². The Kier molecular flexibility index (Phi) is 6.25. The van der Waals surface area contributed by atoms with E-state index < -0.39 is 11.6 Å². The van der Waals surface area contributed by atoms with Crippen LogP contribution in [0.15, 0.2) is 30.3 Å². The number of nitrogens with zero attached hydrogens (tertiary/aromatic N) is 1. The van der Waals surface area contributed by atoms with Crippen LogP contribution in [-0.4, -0.2) is 61.5 Å². The number of hydrogen-bond donors (Lipinski definition) is 4. The molecule has 0 bridgehead atoms. The van der Waals surface area contributed by atoms with Crippen LogP contribution < -0.4 is 21.0 Å². The molecule has 3 rings (SSSR count). The zero-order valence-corrected chi connectivity index (χ0v) is 16.2. The number of thiocarbonyl (C=S) groups is 1. The SMILES string of the molecule is C[C@]1(c2ccccc2)NC(=O)N(NC(=S)NCCC[NH+]2CCOCC2)C1=O. The van der Waals surface area contributed by atoms with E-state index in [2.05, 4.69) is 16.1 Å². The Bertz CT molecular complexity index is 695. The first-order chi connectivity index (χ1) is 13.0. The number of benzene rings is 1. The van der Waals surface area contributed by atoms with Crippen molar-refractivity contribution in [3.8, 4) is 0 Å². The number of imide groups is 1. The van der Waals surface area contributed by atoms with E-state index in [4.69, 9.17) is 17.0 Å². The molecule has 1 aromatic carbocycles. The highest BCUT2D eigenvalue weighted by molar-refractivity contribution is 7.80. The highest BCUT2D eigenvalue weighted by Gasteiger charge is 2.49. The highest BCUT2D eigenvalue weighted by atomic mass is 32.1. The van der Waals surface area contributed by atoms with Crippen molar-refractivity contribution in [3.63, 3.8) is 0 Å². The van der Waals surface area contributed by atoms with Gasteiger partial charge < -0.3 is 20.3 Å². The molecule has 8 nitrogen and oxygen atoms in total. The van der Waals surface area contributed by atoms with Crippen molar-refractivity contribution in [1.82, 2.24) is 21.1 Å². The van der Waals surface area contributed by atoms with E-state index in [1.54, 1.807) is 6.92 Å². The van der Waals surface area contributed by atoms with E-state index in [1.165, 1.54) is 4.90 Å². The number of morpholine rings is 1. The molecule has 0 spiro atoms. The first-order valence-corrected chi connectivity index (χ1v) is 9.59. The summed E-state index contributed by atoms with van der Waals surface area (Å²) in [5.74, 6) is -0.388. The molecule has 2 aliphatic rings. The van der Waals surface area contributed by atoms with Crippen LogP contribution in [0.2, 0.25) is 0 Å². The number of hydrogen-bond acceptors (Lipinski definition) is 4. The third-order valence-corrected chi connectivity index (χ3v) is 5.18. The third-order valence-electron chi connectivity index (χ3n) is 4.95. The molecule has 9 heteroatoms. The molecule has 1 aromatic rings. The van der Waals surface area contributed by atoms with Gasteiger partial charge in [-0.2, -0.15) is 5.01 Å². The Morgan fingerprint density at radius 3 is 2.70 bits per heavy atom. The number of hydrazine groups is 1. The molecule has 3 amide bonds.